The van der Waals surface area contributed by atoms with Crippen molar-refractivity contribution in [2.45, 2.75) is 26.9 Å². The third-order valence-corrected chi connectivity index (χ3v) is 3.56. The van der Waals surface area contributed by atoms with Gasteiger partial charge in [0.15, 0.2) is 17.5 Å². The number of aryl methyl sites for hydroxylation is 1. The number of benzene rings is 2. The van der Waals surface area contributed by atoms with Gasteiger partial charge in [0.2, 0.25) is 0 Å². The number of halogens is 2. The number of guanidine groups is 1. The van der Waals surface area contributed by atoms with Gasteiger partial charge in [-0.15, -0.1) is 24.0 Å². The predicted molar refractivity (Wildman–Crippen MR) is 111 cm³/mol. The first kappa shape index (κ1) is 21.2. The Bertz CT molecular complexity index is 690. The molecule has 0 bridgehead atoms. The van der Waals surface area contributed by atoms with Crippen molar-refractivity contribution >= 4 is 29.9 Å². The molecule has 4 nitrogen and oxygen atoms in total. The molecule has 0 radical (unpaired) electrons. The van der Waals surface area contributed by atoms with Gasteiger partial charge >= 0.3 is 0 Å². The summed E-state index contributed by atoms with van der Waals surface area (Å²) < 4.78 is 19.0. The number of rotatable bonds is 6. The lowest BCUT2D eigenvalue weighted by Crippen LogP contribution is -2.36. The molecular formula is C19H25FIN3O. The molecule has 0 saturated heterocycles. The summed E-state index contributed by atoms with van der Waals surface area (Å²) in [6.45, 7) is 5.50. The maximum Gasteiger partial charge on any atom is 0.191 e. The fourth-order valence-corrected chi connectivity index (χ4v) is 2.22. The summed E-state index contributed by atoms with van der Waals surface area (Å²) in [5.41, 5.74) is 3.24. The molecule has 0 aromatic heterocycles. The Balaban J connectivity index is 0.00000312. The zero-order valence-electron chi connectivity index (χ0n) is 14.8. The van der Waals surface area contributed by atoms with Crippen molar-refractivity contribution in [2.24, 2.45) is 4.99 Å². The van der Waals surface area contributed by atoms with Gasteiger partial charge in [-0.1, -0.05) is 35.9 Å². The van der Waals surface area contributed by atoms with Crippen molar-refractivity contribution in [3.8, 4) is 5.75 Å². The van der Waals surface area contributed by atoms with Crippen LogP contribution in [0.5, 0.6) is 5.75 Å². The smallest absolute Gasteiger partial charge is 0.191 e. The van der Waals surface area contributed by atoms with Gasteiger partial charge in [-0.25, -0.2) is 4.39 Å². The van der Waals surface area contributed by atoms with Crippen molar-refractivity contribution in [3.05, 3.63) is 65.0 Å². The first-order chi connectivity index (χ1) is 11.6. The highest BCUT2D eigenvalue weighted by atomic mass is 127. The van der Waals surface area contributed by atoms with Gasteiger partial charge in [0.05, 0.1) is 6.61 Å². The molecule has 136 valence electrons. The second kappa shape index (κ2) is 10.9. The summed E-state index contributed by atoms with van der Waals surface area (Å²) in [7, 11) is 1.71. The van der Waals surface area contributed by atoms with Crippen LogP contribution in [-0.2, 0) is 13.1 Å². The van der Waals surface area contributed by atoms with Crippen LogP contribution in [0.1, 0.15) is 23.6 Å². The summed E-state index contributed by atoms with van der Waals surface area (Å²) in [5.74, 6) is 0.603. The number of ether oxygens (including phenoxy) is 1. The van der Waals surface area contributed by atoms with E-state index >= 15 is 0 Å². The summed E-state index contributed by atoms with van der Waals surface area (Å²) in [4.78, 5) is 4.18. The molecule has 0 aliphatic carbocycles. The number of nitrogens with one attached hydrogen (secondary N) is 2. The van der Waals surface area contributed by atoms with Crippen molar-refractivity contribution < 1.29 is 9.13 Å². The minimum absolute atomic E-state index is 0. The highest BCUT2D eigenvalue weighted by Crippen LogP contribution is 2.18. The molecule has 2 rings (SSSR count). The standard InChI is InChI=1S/C19H24FN3O.HI/c1-4-24-18-10-9-16(11-17(18)20)13-23-19(21-3)22-12-15-7-5-14(2)6-8-15;/h5-11H,4,12-13H2,1-3H3,(H2,21,22,23);1H. The molecule has 0 heterocycles. The summed E-state index contributed by atoms with van der Waals surface area (Å²) in [6, 6.07) is 13.3. The molecule has 2 aromatic carbocycles. The number of aliphatic imine (C=N–C) groups is 1. The molecule has 0 aliphatic rings. The lowest BCUT2D eigenvalue weighted by Gasteiger charge is -2.13. The van der Waals surface area contributed by atoms with Crippen LogP contribution in [0.25, 0.3) is 0 Å². The van der Waals surface area contributed by atoms with Gasteiger partial charge in [0, 0.05) is 20.1 Å². The maximum absolute atomic E-state index is 13.8. The van der Waals surface area contributed by atoms with Crippen LogP contribution in [0.15, 0.2) is 47.5 Å². The van der Waals surface area contributed by atoms with E-state index in [-0.39, 0.29) is 35.5 Å². The van der Waals surface area contributed by atoms with Crippen LogP contribution in [-0.4, -0.2) is 19.6 Å². The molecule has 0 amide bonds. The highest BCUT2D eigenvalue weighted by molar-refractivity contribution is 14.0. The summed E-state index contributed by atoms with van der Waals surface area (Å²) in [6.07, 6.45) is 0. The van der Waals surface area contributed by atoms with E-state index in [2.05, 4.69) is 46.8 Å². The van der Waals surface area contributed by atoms with Crippen LogP contribution in [0, 0.1) is 12.7 Å². The second-order valence-electron chi connectivity index (χ2n) is 5.46. The Morgan fingerprint density at radius 1 is 1.04 bits per heavy atom. The molecular weight excluding hydrogens is 432 g/mol. The first-order valence-electron chi connectivity index (χ1n) is 8.03. The molecule has 6 heteroatoms. The maximum atomic E-state index is 13.8. The average molecular weight is 457 g/mol. The Morgan fingerprint density at radius 2 is 1.64 bits per heavy atom. The Labute approximate surface area is 165 Å². The summed E-state index contributed by atoms with van der Waals surface area (Å²) in [5, 5.41) is 6.42. The Hall–Kier alpha value is -1.83. The molecule has 2 N–H and O–H groups in total. The van der Waals surface area contributed by atoms with E-state index in [1.165, 1.54) is 17.2 Å². The first-order valence-corrected chi connectivity index (χ1v) is 8.03. The molecule has 0 unspecified atom stereocenters. The SMILES string of the molecule is CCOc1ccc(CNC(=NC)NCc2ccc(C)cc2)cc1F.I. The van der Waals surface area contributed by atoms with Gasteiger partial charge < -0.3 is 15.4 Å². The van der Waals surface area contributed by atoms with E-state index in [0.717, 1.165) is 5.56 Å². The average Bonchev–Trinajstić information content (AvgIpc) is 2.59. The lowest BCUT2D eigenvalue weighted by atomic mass is 10.1. The van der Waals surface area contributed by atoms with E-state index < -0.39 is 0 Å². The number of nitrogens with zero attached hydrogens (tertiary/aromatic N) is 1. The van der Waals surface area contributed by atoms with Crippen LogP contribution in [0.2, 0.25) is 0 Å². The predicted octanol–water partition coefficient (Wildman–Crippen LogP) is 4.02. The largest absolute Gasteiger partial charge is 0.491 e. The summed E-state index contributed by atoms with van der Waals surface area (Å²) >= 11 is 0. The molecule has 2 aromatic rings. The zero-order valence-corrected chi connectivity index (χ0v) is 17.1. The van der Waals surface area contributed by atoms with Crippen LogP contribution < -0.4 is 15.4 Å². The van der Waals surface area contributed by atoms with Gasteiger partial charge in [-0.3, -0.25) is 4.99 Å². The molecule has 25 heavy (non-hydrogen) atoms. The molecule has 0 saturated carbocycles. The minimum Gasteiger partial charge on any atom is -0.491 e. The molecule has 0 fully saturated rings. The fraction of sp³-hybridized carbons (Fsp3) is 0.316. The fourth-order valence-electron chi connectivity index (χ4n) is 2.22. The van der Waals surface area contributed by atoms with E-state index in [1.54, 1.807) is 13.1 Å². The van der Waals surface area contributed by atoms with E-state index in [9.17, 15) is 4.39 Å². The van der Waals surface area contributed by atoms with E-state index in [0.29, 0.717) is 25.7 Å². The van der Waals surface area contributed by atoms with Gasteiger partial charge in [-0.05, 0) is 37.1 Å². The van der Waals surface area contributed by atoms with Crippen LogP contribution in [0.3, 0.4) is 0 Å². The van der Waals surface area contributed by atoms with Gasteiger partial charge in [0.25, 0.3) is 0 Å². The highest BCUT2D eigenvalue weighted by Gasteiger charge is 2.05. The van der Waals surface area contributed by atoms with Crippen molar-refractivity contribution in [1.29, 1.82) is 0 Å². The Morgan fingerprint density at radius 3 is 2.20 bits per heavy atom. The third-order valence-electron chi connectivity index (χ3n) is 3.56. The molecule has 0 spiro atoms. The van der Waals surface area contributed by atoms with Crippen molar-refractivity contribution in [1.82, 2.24) is 10.6 Å². The number of hydrogen-bond acceptors (Lipinski definition) is 2. The third kappa shape index (κ3) is 6.89. The van der Waals surface area contributed by atoms with Gasteiger partial charge in [-0.2, -0.15) is 0 Å². The van der Waals surface area contributed by atoms with Gasteiger partial charge in [0.1, 0.15) is 0 Å². The quantitative estimate of drug-likeness (QED) is 0.392. The zero-order chi connectivity index (χ0) is 17.4. The van der Waals surface area contributed by atoms with E-state index in [1.807, 2.05) is 13.0 Å². The van der Waals surface area contributed by atoms with Crippen molar-refractivity contribution in [3.63, 3.8) is 0 Å². The van der Waals surface area contributed by atoms with E-state index in [4.69, 9.17) is 4.74 Å². The lowest BCUT2D eigenvalue weighted by molar-refractivity contribution is 0.321. The molecule has 0 aliphatic heterocycles. The number of hydrogen-bond donors (Lipinski definition) is 2. The monoisotopic (exact) mass is 457 g/mol. The minimum atomic E-state index is -0.348. The normalized spacial score (nSPS) is 10.8. The topological polar surface area (TPSA) is 45.6 Å². The van der Waals surface area contributed by atoms with Crippen LogP contribution >= 0.6 is 24.0 Å². The van der Waals surface area contributed by atoms with Crippen LogP contribution in [0.4, 0.5) is 4.39 Å². The van der Waals surface area contributed by atoms with Crippen molar-refractivity contribution in [2.75, 3.05) is 13.7 Å². The molecule has 0 atom stereocenters. The second-order valence-corrected chi connectivity index (χ2v) is 5.46. The Kier molecular flexibility index (Phi) is 9.26.